The summed E-state index contributed by atoms with van der Waals surface area (Å²) in [7, 11) is 0. The zero-order valence-corrected chi connectivity index (χ0v) is 9.79. The van der Waals surface area contributed by atoms with Gasteiger partial charge in [-0.1, -0.05) is 0 Å². The number of halogens is 3. The highest BCUT2D eigenvalue weighted by molar-refractivity contribution is 5.60. The van der Waals surface area contributed by atoms with Gasteiger partial charge in [-0.3, -0.25) is 0 Å². The van der Waals surface area contributed by atoms with Crippen molar-refractivity contribution in [3.63, 3.8) is 0 Å². The fourth-order valence-electron chi connectivity index (χ4n) is 2.08. The third-order valence-corrected chi connectivity index (χ3v) is 3.04. The minimum Gasteiger partial charge on any atom is -0.489 e. The molecular weight excluding hydrogens is 257 g/mol. The van der Waals surface area contributed by atoms with Crippen LogP contribution < -0.4 is 10.1 Å². The van der Waals surface area contributed by atoms with Gasteiger partial charge in [0.25, 0.3) is 0 Å². The van der Waals surface area contributed by atoms with Crippen molar-refractivity contribution in [3.05, 3.63) is 47.8 Å². The van der Waals surface area contributed by atoms with Crippen molar-refractivity contribution in [1.29, 1.82) is 0 Å². The Morgan fingerprint density at radius 1 is 1.21 bits per heavy atom. The molecule has 0 aliphatic carbocycles. The first-order chi connectivity index (χ1) is 9.04. The van der Waals surface area contributed by atoms with Gasteiger partial charge < -0.3 is 15.0 Å². The van der Waals surface area contributed by atoms with Crippen molar-refractivity contribution in [2.75, 3.05) is 11.9 Å². The molecule has 0 saturated carbocycles. The molecule has 0 amide bonds. The predicted molar refractivity (Wildman–Crippen MR) is 64.1 cm³/mol. The summed E-state index contributed by atoms with van der Waals surface area (Å²) in [4.78, 5) is 3.02. The molecule has 3 nitrogen and oxygen atoms in total. The molecule has 2 aromatic rings. The summed E-state index contributed by atoms with van der Waals surface area (Å²) in [6.45, 7) is 0.374. The molecule has 2 heterocycles. The molecule has 0 spiro atoms. The van der Waals surface area contributed by atoms with E-state index >= 15 is 0 Å². The first-order valence-corrected chi connectivity index (χ1v) is 5.78. The van der Waals surface area contributed by atoms with E-state index in [9.17, 15) is 13.2 Å². The lowest BCUT2D eigenvalue weighted by molar-refractivity contribution is -0.137. The van der Waals surface area contributed by atoms with Crippen LogP contribution in [0.25, 0.3) is 0 Å². The highest BCUT2D eigenvalue weighted by atomic mass is 19.4. The molecule has 2 N–H and O–H groups in total. The average molecular weight is 268 g/mol. The molecule has 19 heavy (non-hydrogen) atoms. The van der Waals surface area contributed by atoms with Crippen molar-refractivity contribution in [1.82, 2.24) is 4.98 Å². The standard InChI is InChI=1S/C13H11F3N2O/c14-13(15,16)8-3-4-12-10(6-8)18-11(7-19-12)9-2-1-5-17-9/h1-6,11,17-18H,7H2. The zero-order chi connectivity index (χ0) is 13.5. The van der Waals surface area contributed by atoms with E-state index in [2.05, 4.69) is 10.3 Å². The number of benzene rings is 1. The Morgan fingerprint density at radius 2 is 2.05 bits per heavy atom. The summed E-state index contributed by atoms with van der Waals surface area (Å²) in [5.74, 6) is 0.441. The van der Waals surface area contributed by atoms with Gasteiger partial charge in [-0.25, -0.2) is 0 Å². The quantitative estimate of drug-likeness (QED) is 0.829. The normalized spacial score (nSPS) is 18.4. The molecule has 1 atom stereocenters. The largest absolute Gasteiger partial charge is 0.489 e. The number of aromatic amines is 1. The molecule has 0 radical (unpaired) electrons. The second kappa shape index (κ2) is 4.22. The van der Waals surface area contributed by atoms with Crippen molar-refractivity contribution >= 4 is 5.69 Å². The van der Waals surface area contributed by atoms with E-state index in [4.69, 9.17) is 4.74 Å². The van der Waals surface area contributed by atoms with Gasteiger partial charge in [0.2, 0.25) is 0 Å². The summed E-state index contributed by atoms with van der Waals surface area (Å²) in [6.07, 6.45) is -2.59. The highest BCUT2D eigenvalue weighted by Crippen LogP contribution is 2.38. The first-order valence-electron chi connectivity index (χ1n) is 5.78. The number of hydrogen-bond acceptors (Lipinski definition) is 2. The maximum Gasteiger partial charge on any atom is 0.416 e. The number of fused-ring (bicyclic) bond motifs is 1. The Kier molecular flexibility index (Phi) is 2.66. The summed E-state index contributed by atoms with van der Waals surface area (Å²) < 4.78 is 43.4. The maximum atomic E-state index is 12.7. The molecule has 0 saturated heterocycles. The van der Waals surface area contributed by atoms with Crippen molar-refractivity contribution in [3.8, 4) is 5.75 Å². The molecule has 1 aliphatic rings. The second-order valence-electron chi connectivity index (χ2n) is 4.34. The number of ether oxygens (including phenoxy) is 1. The van der Waals surface area contributed by atoms with E-state index in [1.165, 1.54) is 6.07 Å². The van der Waals surface area contributed by atoms with Gasteiger partial charge in [-0.2, -0.15) is 13.2 Å². The molecule has 0 fully saturated rings. The summed E-state index contributed by atoms with van der Waals surface area (Å²) >= 11 is 0. The number of nitrogens with one attached hydrogen (secondary N) is 2. The number of rotatable bonds is 1. The molecule has 6 heteroatoms. The Balaban J connectivity index is 1.91. The average Bonchev–Trinajstić information content (AvgIpc) is 2.90. The van der Waals surface area contributed by atoms with Gasteiger partial charge in [0.05, 0.1) is 11.3 Å². The van der Waals surface area contributed by atoms with Crippen molar-refractivity contribution < 1.29 is 17.9 Å². The van der Waals surface area contributed by atoms with Gasteiger partial charge in [0, 0.05) is 11.9 Å². The van der Waals surface area contributed by atoms with Crippen molar-refractivity contribution in [2.24, 2.45) is 0 Å². The van der Waals surface area contributed by atoms with E-state index in [1.807, 2.05) is 12.1 Å². The minimum absolute atomic E-state index is 0.175. The molecule has 1 unspecified atom stereocenters. The molecule has 1 aromatic heterocycles. The molecular formula is C13H11F3N2O. The SMILES string of the molecule is FC(F)(F)c1ccc2c(c1)NC(c1ccc[nH]1)CO2. The van der Waals surface area contributed by atoms with E-state index in [0.717, 1.165) is 17.8 Å². The van der Waals surface area contributed by atoms with Gasteiger partial charge >= 0.3 is 6.18 Å². The molecule has 1 aliphatic heterocycles. The predicted octanol–water partition coefficient (Wildman–Crippen LogP) is 3.58. The van der Waals surface area contributed by atoms with E-state index in [0.29, 0.717) is 18.0 Å². The van der Waals surface area contributed by atoms with Gasteiger partial charge in [-0.05, 0) is 30.3 Å². The van der Waals surface area contributed by atoms with Crippen LogP contribution in [-0.2, 0) is 6.18 Å². The lowest BCUT2D eigenvalue weighted by Gasteiger charge is -2.27. The third-order valence-electron chi connectivity index (χ3n) is 3.04. The minimum atomic E-state index is -4.35. The van der Waals surface area contributed by atoms with Crippen LogP contribution in [0.15, 0.2) is 36.5 Å². The second-order valence-corrected chi connectivity index (χ2v) is 4.34. The van der Waals surface area contributed by atoms with Crippen molar-refractivity contribution in [2.45, 2.75) is 12.2 Å². The fraction of sp³-hybridized carbons (Fsp3) is 0.231. The van der Waals surface area contributed by atoms with Gasteiger partial charge in [-0.15, -0.1) is 0 Å². The third kappa shape index (κ3) is 2.25. The summed E-state index contributed by atoms with van der Waals surface area (Å²) in [5, 5.41) is 3.06. The van der Waals surface area contributed by atoms with E-state index < -0.39 is 11.7 Å². The first kappa shape index (κ1) is 12.0. The monoisotopic (exact) mass is 268 g/mol. The summed E-state index contributed by atoms with van der Waals surface area (Å²) in [6, 6.07) is 6.96. The fourth-order valence-corrected chi connectivity index (χ4v) is 2.08. The molecule has 0 bridgehead atoms. The van der Waals surface area contributed by atoms with Gasteiger partial charge in [0.1, 0.15) is 18.4 Å². The van der Waals surface area contributed by atoms with Crippen LogP contribution >= 0.6 is 0 Å². The molecule has 100 valence electrons. The van der Waals surface area contributed by atoms with Crippen LogP contribution in [0.5, 0.6) is 5.75 Å². The van der Waals surface area contributed by atoms with E-state index in [1.54, 1.807) is 6.20 Å². The van der Waals surface area contributed by atoms with Crippen LogP contribution in [0.1, 0.15) is 17.3 Å². The zero-order valence-electron chi connectivity index (χ0n) is 9.79. The Labute approximate surface area is 107 Å². The number of H-pyrrole nitrogens is 1. The van der Waals surface area contributed by atoms with Crippen LogP contribution in [-0.4, -0.2) is 11.6 Å². The lowest BCUT2D eigenvalue weighted by Crippen LogP contribution is -2.24. The van der Waals surface area contributed by atoms with Crippen LogP contribution in [0.2, 0.25) is 0 Å². The Hall–Kier alpha value is -2.11. The Bertz CT molecular complexity index is 578. The number of anilines is 1. The summed E-state index contributed by atoms with van der Waals surface area (Å²) in [5.41, 5.74) is 0.554. The molecule has 1 aromatic carbocycles. The van der Waals surface area contributed by atoms with E-state index in [-0.39, 0.29) is 6.04 Å². The topological polar surface area (TPSA) is 37.0 Å². The lowest BCUT2D eigenvalue weighted by atomic mass is 10.1. The van der Waals surface area contributed by atoms with Gasteiger partial charge in [0.15, 0.2) is 0 Å². The Morgan fingerprint density at radius 3 is 2.74 bits per heavy atom. The number of aromatic nitrogens is 1. The smallest absolute Gasteiger partial charge is 0.416 e. The van der Waals surface area contributed by atoms with Crippen LogP contribution in [0.3, 0.4) is 0 Å². The maximum absolute atomic E-state index is 12.7. The number of hydrogen-bond donors (Lipinski definition) is 2. The molecule has 3 rings (SSSR count). The number of alkyl halides is 3. The highest BCUT2D eigenvalue weighted by Gasteiger charge is 2.32. The van der Waals surface area contributed by atoms with Crippen LogP contribution in [0, 0.1) is 0 Å². The van der Waals surface area contributed by atoms with Crippen LogP contribution in [0.4, 0.5) is 18.9 Å².